The van der Waals surface area contributed by atoms with Gasteiger partial charge >= 0.3 is 5.82 Å². The summed E-state index contributed by atoms with van der Waals surface area (Å²) in [5.41, 5.74) is 0.539. The minimum absolute atomic E-state index is 0.00551. The second-order valence-corrected chi connectivity index (χ2v) is 2.16. The highest BCUT2D eigenvalue weighted by Crippen LogP contribution is 2.14. The molecule has 60 valence electrons. The zero-order chi connectivity index (χ0) is 8.43. The molecule has 1 aromatic rings. The van der Waals surface area contributed by atoms with Gasteiger partial charge in [0, 0.05) is 6.07 Å². The number of hydrogen-bond acceptors (Lipinski definition) is 3. The van der Waals surface area contributed by atoms with Crippen molar-refractivity contribution in [2.24, 2.45) is 7.05 Å². The molecule has 0 aromatic carbocycles. The van der Waals surface area contributed by atoms with Gasteiger partial charge in [0.05, 0.1) is 7.05 Å². The van der Waals surface area contributed by atoms with Gasteiger partial charge in [0.2, 0.25) is 0 Å². The molecule has 0 aliphatic heterocycles. The van der Waals surface area contributed by atoms with E-state index in [-0.39, 0.29) is 12.4 Å². The normalized spacial score (nSPS) is 10.0. The van der Waals surface area contributed by atoms with Gasteiger partial charge in [0.25, 0.3) is 0 Å². The second-order valence-electron chi connectivity index (χ2n) is 2.16. The van der Waals surface area contributed by atoms with Crippen molar-refractivity contribution in [1.29, 1.82) is 0 Å². The Morgan fingerprint density at radius 3 is 2.64 bits per heavy atom. The molecule has 0 aliphatic rings. The van der Waals surface area contributed by atoms with E-state index in [0.717, 1.165) is 0 Å². The molecule has 1 aromatic heterocycles. The van der Waals surface area contributed by atoms with Gasteiger partial charge in [0.15, 0.2) is 0 Å². The summed E-state index contributed by atoms with van der Waals surface area (Å²) in [5.74, 6) is -0.00551. The number of aliphatic hydroxyl groups is 1. The fourth-order valence-electron chi connectivity index (χ4n) is 0.884. The van der Waals surface area contributed by atoms with Gasteiger partial charge in [-0.2, -0.15) is 0 Å². The highest BCUT2D eigenvalue weighted by atomic mass is 16.6. The Morgan fingerprint density at radius 2 is 2.36 bits per heavy atom. The summed E-state index contributed by atoms with van der Waals surface area (Å²) in [7, 11) is 1.55. The molecule has 1 rings (SSSR count). The van der Waals surface area contributed by atoms with Crippen molar-refractivity contribution in [1.82, 2.24) is 4.57 Å². The van der Waals surface area contributed by atoms with E-state index in [1.807, 2.05) is 0 Å². The summed E-state index contributed by atoms with van der Waals surface area (Å²) >= 11 is 0. The lowest BCUT2D eigenvalue weighted by Crippen LogP contribution is -2.00. The highest BCUT2D eigenvalue weighted by molar-refractivity contribution is 5.26. The standard InChI is InChI=1S/C6H8N2O3/c1-7-5(4-9)2-3-6(7)8(10)11/h2-3,9H,4H2,1H3. The molecule has 0 unspecified atom stereocenters. The van der Waals surface area contributed by atoms with Crippen LogP contribution in [0.4, 0.5) is 5.82 Å². The van der Waals surface area contributed by atoms with E-state index in [9.17, 15) is 10.1 Å². The minimum Gasteiger partial charge on any atom is -0.388 e. The molecule has 0 spiro atoms. The largest absolute Gasteiger partial charge is 0.388 e. The lowest BCUT2D eigenvalue weighted by Gasteiger charge is -1.95. The van der Waals surface area contributed by atoms with Crippen molar-refractivity contribution in [2.75, 3.05) is 0 Å². The number of aliphatic hydroxyl groups excluding tert-OH is 1. The second kappa shape index (κ2) is 2.71. The van der Waals surface area contributed by atoms with Crippen LogP contribution in [0.3, 0.4) is 0 Å². The van der Waals surface area contributed by atoms with Gasteiger partial charge in [-0.3, -0.25) is 0 Å². The maximum atomic E-state index is 10.3. The zero-order valence-electron chi connectivity index (χ0n) is 6.02. The monoisotopic (exact) mass is 156 g/mol. The minimum atomic E-state index is -0.487. The molecule has 0 saturated heterocycles. The van der Waals surface area contributed by atoms with Crippen molar-refractivity contribution in [3.8, 4) is 0 Å². The summed E-state index contributed by atoms with van der Waals surface area (Å²) in [6, 6.07) is 2.89. The molecule has 0 fully saturated rings. The van der Waals surface area contributed by atoms with Crippen molar-refractivity contribution < 1.29 is 10.0 Å². The average molecular weight is 156 g/mol. The van der Waals surface area contributed by atoms with Crippen LogP contribution >= 0.6 is 0 Å². The van der Waals surface area contributed by atoms with E-state index in [1.165, 1.54) is 16.7 Å². The number of aromatic nitrogens is 1. The Kier molecular flexibility index (Phi) is 1.91. The number of hydrogen-bond donors (Lipinski definition) is 1. The smallest absolute Gasteiger partial charge is 0.323 e. The molecule has 1 N–H and O–H groups in total. The number of rotatable bonds is 2. The highest BCUT2D eigenvalue weighted by Gasteiger charge is 2.12. The SMILES string of the molecule is Cn1c(CO)ccc1[N+](=O)[O-]. The van der Waals surface area contributed by atoms with Gasteiger partial charge in [0.1, 0.15) is 12.3 Å². The first kappa shape index (κ1) is 7.74. The molecule has 5 nitrogen and oxygen atoms in total. The predicted octanol–water partition coefficient (Wildman–Crippen LogP) is 0.426. The third-order valence-electron chi connectivity index (χ3n) is 1.55. The fourth-order valence-corrected chi connectivity index (χ4v) is 0.884. The first-order valence-corrected chi connectivity index (χ1v) is 3.06. The lowest BCUT2D eigenvalue weighted by atomic mass is 10.5. The number of nitrogens with zero attached hydrogens (tertiary/aromatic N) is 2. The van der Waals surface area contributed by atoms with Crippen LogP contribution in [0.2, 0.25) is 0 Å². The maximum absolute atomic E-state index is 10.3. The summed E-state index contributed by atoms with van der Waals surface area (Å²) in [6.45, 7) is -0.176. The topological polar surface area (TPSA) is 68.3 Å². The first-order chi connectivity index (χ1) is 5.16. The van der Waals surface area contributed by atoms with Crippen molar-refractivity contribution in [3.63, 3.8) is 0 Å². The average Bonchev–Trinajstić information content (AvgIpc) is 2.30. The van der Waals surface area contributed by atoms with Gasteiger partial charge in [-0.1, -0.05) is 0 Å². The van der Waals surface area contributed by atoms with E-state index >= 15 is 0 Å². The molecule has 0 radical (unpaired) electrons. The van der Waals surface area contributed by atoms with Crippen LogP contribution in [0.25, 0.3) is 0 Å². The third-order valence-corrected chi connectivity index (χ3v) is 1.55. The summed E-state index contributed by atoms with van der Waals surface area (Å²) < 4.78 is 1.35. The Bertz CT molecular complexity index is 279. The Labute approximate surface area is 63.0 Å². The first-order valence-electron chi connectivity index (χ1n) is 3.06. The van der Waals surface area contributed by atoms with Crippen LogP contribution in [0.5, 0.6) is 0 Å². The van der Waals surface area contributed by atoms with E-state index < -0.39 is 4.92 Å². The molecule has 0 aliphatic carbocycles. The molecule has 0 saturated carbocycles. The molecule has 0 bridgehead atoms. The quantitative estimate of drug-likeness (QED) is 0.498. The van der Waals surface area contributed by atoms with Crippen LogP contribution < -0.4 is 0 Å². The van der Waals surface area contributed by atoms with Crippen LogP contribution in [0.1, 0.15) is 5.69 Å². The Morgan fingerprint density at radius 1 is 1.73 bits per heavy atom. The van der Waals surface area contributed by atoms with Crippen molar-refractivity contribution in [2.45, 2.75) is 6.61 Å². The van der Waals surface area contributed by atoms with E-state index in [2.05, 4.69) is 0 Å². The fraction of sp³-hybridized carbons (Fsp3) is 0.333. The maximum Gasteiger partial charge on any atom is 0.323 e. The molecule has 1 heterocycles. The van der Waals surface area contributed by atoms with Crippen molar-refractivity contribution >= 4 is 5.82 Å². The van der Waals surface area contributed by atoms with Crippen molar-refractivity contribution in [3.05, 3.63) is 27.9 Å². The Hall–Kier alpha value is -1.36. The van der Waals surface area contributed by atoms with Crippen LogP contribution in [0.15, 0.2) is 12.1 Å². The van der Waals surface area contributed by atoms with Gasteiger partial charge in [-0.25, -0.2) is 4.57 Å². The predicted molar refractivity (Wildman–Crippen MR) is 38.0 cm³/mol. The van der Waals surface area contributed by atoms with Crippen LogP contribution in [-0.4, -0.2) is 14.6 Å². The third kappa shape index (κ3) is 1.22. The lowest BCUT2D eigenvalue weighted by molar-refractivity contribution is -0.391. The Balaban J connectivity index is 3.10. The van der Waals surface area contributed by atoms with Crippen LogP contribution in [0, 0.1) is 10.1 Å². The molecular weight excluding hydrogens is 148 g/mol. The van der Waals surface area contributed by atoms with Gasteiger partial charge < -0.3 is 15.2 Å². The summed E-state index contributed by atoms with van der Waals surface area (Å²) in [6.07, 6.45) is 0. The van der Waals surface area contributed by atoms with Gasteiger partial charge in [-0.15, -0.1) is 0 Å². The molecule has 0 atom stereocenters. The molecule has 0 amide bonds. The zero-order valence-corrected chi connectivity index (χ0v) is 6.02. The van der Waals surface area contributed by atoms with E-state index in [0.29, 0.717) is 5.69 Å². The molecule has 5 heteroatoms. The summed E-state index contributed by atoms with van der Waals surface area (Å²) in [4.78, 5) is 9.77. The van der Waals surface area contributed by atoms with Crippen LogP contribution in [-0.2, 0) is 13.7 Å². The van der Waals surface area contributed by atoms with E-state index in [4.69, 9.17) is 5.11 Å². The molecule has 11 heavy (non-hydrogen) atoms. The van der Waals surface area contributed by atoms with E-state index in [1.54, 1.807) is 7.05 Å². The summed E-state index contributed by atoms with van der Waals surface area (Å²) in [5, 5.41) is 18.9. The molecular formula is C6H8N2O3. The van der Waals surface area contributed by atoms with Gasteiger partial charge in [-0.05, 0) is 11.0 Å². The number of nitro groups is 1.